The van der Waals surface area contributed by atoms with E-state index in [9.17, 15) is 14.4 Å². The Morgan fingerprint density at radius 2 is 1.45 bits per heavy atom. The van der Waals surface area contributed by atoms with Gasteiger partial charge in [-0.25, -0.2) is 9.59 Å². The third-order valence-corrected chi connectivity index (χ3v) is 6.06. The van der Waals surface area contributed by atoms with Crippen molar-refractivity contribution in [2.24, 2.45) is 0 Å². The number of anilines is 1. The molecule has 3 aromatic rings. The van der Waals surface area contributed by atoms with Crippen LogP contribution >= 0.6 is 0 Å². The third-order valence-electron chi connectivity index (χ3n) is 6.06. The Kier molecular flexibility index (Phi) is 9.17. The first-order valence-electron chi connectivity index (χ1n) is 12.5. The van der Waals surface area contributed by atoms with Gasteiger partial charge in [0.25, 0.3) is 0 Å². The summed E-state index contributed by atoms with van der Waals surface area (Å²) in [5.41, 5.74) is 1.49. The van der Waals surface area contributed by atoms with Gasteiger partial charge in [-0.15, -0.1) is 0 Å². The minimum atomic E-state index is -0.512. The molecule has 1 aliphatic rings. The molecule has 9 nitrogen and oxygen atoms in total. The minimum absolute atomic E-state index is 0.0961. The third kappa shape index (κ3) is 7.49. The van der Waals surface area contributed by atoms with Crippen LogP contribution in [0.5, 0.6) is 17.2 Å². The number of urea groups is 1. The molecule has 1 fully saturated rings. The fourth-order valence-corrected chi connectivity index (χ4v) is 4.07. The van der Waals surface area contributed by atoms with Gasteiger partial charge in [-0.1, -0.05) is 24.3 Å². The quantitative estimate of drug-likeness (QED) is 0.306. The van der Waals surface area contributed by atoms with E-state index in [1.807, 2.05) is 17.0 Å². The average Bonchev–Trinajstić information content (AvgIpc) is 2.95. The highest BCUT2D eigenvalue weighted by Gasteiger charge is 2.16. The van der Waals surface area contributed by atoms with E-state index in [-0.39, 0.29) is 25.1 Å². The second-order valence-corrected chi connectivity index (χ2v) is 8.80. The number of carbonyl (C=O) groups is 3. The predicted molar refractivity (Wildman–Crippen MR) is 143 cm³/mol. The number of ether oxygens (including phenoxy) is 3. The number of piperidine rings is 1. The molecule has 0 atom stereocenters. The first-order valence-corrected chi connectivity index (χ1v) is 12.5. The number of likely N-dealkylation sites (tertiary alicyclic amines) is 1. The number of nitrogens with zero attached hydrogens (tertiary/aromatic N) is 1. The molecule has 0 bridgehead atoms. The Morgan fingerprint density at radius 3 is 2.13 bits per heavy atom. The van der Waals surface area contributed by atoms with Crippen molar-refractivity contribution in [3.05, 3.63) is 83.9 Å². The van der Waals surface area contributed by atoms with Crippen molar-refractivity contribution in [2.75, 3.05) is 32.2 Å². The monoisotopic (exact) mass is 517 g/mol. The molecule has 198 valence electrons. The molecule has 0 saturated carbocycles. The molecule has 4 rings (SSSR count). The maximum atomic E-state index is 12.5. The van der Waals surface area contributed by atoms with Crippen molar-refractivity contribution in [2.45, 2.75) is 25.7 Å². The second kappa shape index (κ2) is 13.1. The highest BCUT2D eigenvalue weighted by atomic mass is 16.5. The summed E-state index contributed by atoms with van der Waals surface area (Å²) >= 11 is 0. The second-order valence-electron chi connectivity index (χ2n) is 8.80. The number of rotatable bonds is 9. The van der Waals surface area contributed by atoms with Gasteiger partial charge in [0.1, 0.15) is 17.2 Å². The van der Waals surface area contributed by atoms with Crippen LogP contribution in [0.1, 0.15) is 35.2 Å². The van der Waals surface area contributed by atoms with Crippen LogP contribution in [0.25, 0.3) is 0 Å². The molecular weight excluding hydrogens is 486 g/mol. The lowest BCUT2D eigenvalue weighted by Crippen LogP contribution is -2.43. The molecule has 38 heavy (non-hydrogen) atoms. The van der Waals surface area contributed by atoms with Crippen LogP contribution in [0, 0.1) is 0 Å². The van der Waals surface area contributed by atoms with Gasteiger partial charge in [0.15, 0.2) is 6.73 Å². The maximum Gasteiger partial charge on any atom is 0.339 e. The van der Waals surface area contributed by atoms with Gasteiger partial charge in [0.05, 0.1) is 24.8 Å². The molecular formula is C29H31N3O6. The van der Waals surface area contributed by atoms with Gasteiger partial charge < -0.3 is 29.7 Å². The number of esters is 1. The SMILES string of the molecule is COC(=O)c1ccccc1NC(=O)Cc1ccc(Oc2ccc(OCNC(=O)N3CCCCC3)cc2)cc1. The number of para-hydroxylation sites is 1. The van der Waals surface area contributed by atoms with Crippen LogP contribution < -0.4 is 20.1 Å². The Labute approximate surface area is 221 Å². The van der Waals surface area contributed by atoms with Crippen molar-refractivity contribution < 1.29 is 28.6 Å². The zero-order valence-electron chi connectivity index (χ0n) is 21.3. The Bertz CT molecular complexity index is 1240. The molecule has 2 N–H and O–H groups in total. The molecule has 0 unspecified atom stereocenters. The lowest BCUT2D eigenvalue weighted by molar-refractivity contribution is -0.115. The van der Waals surface area contributed by atoms with Crippen LogP contribution in [0.4, 0.5) is 10.5 Å². The first-order chi connectivity index (χ1) is 18.5. The van der Waals surface area contributed by atoms with Crippen molar-refractivity contribution >= 4 is 23.6 Å². The number of amides is 3. The Balaban J connectivity index is 1.23. The summed E-state index contributed by atoms with van der Waals surface area (Å²) in [6.07, 6.45) is 3.39. The van der Waals surface area contributed by atoms with Crippen LogP contribution in [0.2, 0.25) is 0 Å². The average molecular weight is 518 g/mol. The van der Waals surface area contributed by atoms with Gasteiger partial charge in [0.2, 0.25) is 5.91 Å². The van der Waals surface area contributed by atoms with Crippen molar-refractivity contribution in [3.63, 3.8) is 0 Å². The summed E-state index contributed by atoms with van der Waals surface area (Å²) in [5, 5.41) is 5.55. The number of methoxy groups -OCH3 is 1. The van der Waals surface area contributed by atoms with E-state index in [1.54, 1.807) is 60.7 Å². The van der Waals surface area contributed by atoms with E-state index in [1.165, 1.54) is 13.5 Å². The predicted octanol–water partition coefficient (Wildman–Crippen LogP) is 4.98. The summed E-state index contributed by atoms with van der Waals surface area (Å²) in [6.45, 7) is 1.67. The van der Waals surface area contributed by atoms with Gasteiger partial charge in [-0.05, 0) is 73.4 Å². The fraction of sp³-hybridized carbons (Fsp3) is 0.276. The van der Waals surface area contributed by atoms with Gasteiger partial charge in [0, 0.05) is 13.1 Å². The first kappa shape index (κ1) is 26.5. The molecule has 0 radical (unpaired) electrons. The van der Waals surface area contributed by atoms with E-state index in [4.69, 9.17) is 14.2 Å². The lowest BCUT2D eigenvalue weighted by Gasteiger charge is -2.26. The van der Waals surface area contributed by atoms with Crippen LogP contribution in [-0.4, -0.2) is 49.7 Å². The summed E-state index contributed by atoms with van der Waals surface area (Å²) in [7, 11) is 1.30. The number of hydrogen-bond donors (Lipinski definition) is 2. The van der Waals surface area contributed by atoms with E-state index < -0.39 is 5.97 Å². The summed E-state index contributed by atoms with van der Waals surface area (Å²) < 4.78 is 16.3. The van der Waals surface area contributed by atoms with Crippen molar-refractivity contribution in [1.29, 1.82) is 0 Å². The van der Waals surface area contributed by atoms with E-state index in [0.717, 1.165) is 31.5 Å². The normalized spacial score (nSPS) is 12.8. The van der Waals surface area contributed by atoms with E-state index >= 15 is 0 Å². The topological polar surface area (TPSA) is 106 Å². The highest BCUT2D eigenvalue weighted by molar-refractivity contribution is 6.01. The summed E-state index contributed by atoms with van der Waals surface area (Å²) in [6, 6.07) is 20.9. The molecule has 9 heteroatoms. The van der Waals surface area contributed by atoms with Gasteiger partial charge >= 0.3 is 12.0 Å². The molecule has 0 spiro atoms. The van der Waals surface area contributed by atoms with E-state index in [2.05, 4.69) is 10.6 Å². The molecule has 0 aromatic heterocycles. The smallest absolute Gasteiger partial charge is 0.339 e. The van der Waals surface area contributed by atoms with E-state index in [0.29, 0.717) is 28.5 Å². The highest BCUT2D eigenvalue weighted by Crippen LogP contribution is 2.24. The minimum Gasteiger partial charge on any atom is -0.473 e. The molecule has 3 amide bonds. The van der Waals surface area contributed by atoms with Crippen molar-refractivity contribution in [1.82, 2.24) is 10.2 Å². The van der Waals surface area contributed by atoms with Crippen molar-refractivity contribution in [3.8, 4) is 17.2 Å². The van der Waals surface area contributed by atoms with Gasteiger partial charge in [-0.3, -0.25) is 4.79 Å². The van der Waals surface area contributed by atoms with Crippen LogP contribution in [0.3, 0.4) is 0 Å². The standard InChI is InChI=1S/C29H31N3O6/c1-36-28(34)25-7-3-4-8-26(25)31-27(33)19-21-9-11-23(12-10-21)38-24-15-13-22(14-16-24)37-20-30-29(35)32-17-5-2-6-18-32/h3-4,7-16H,2,5-6,17-20H2,1H3,(H,30,35)(H,31,33). The zero-order valence-corrected chi connectivity index (χ0v) is 21.3. The zero-order chi connectivity index (χ0) is 26.7. The van der Waals surface area contributed by atoms with Crippen LogP contribution in [0.15, 0.2) is 72.8 Å². The fourth-order valence-electron chi connectivity index (χ4n) is 4.07. The largest absolute Gasteiger partial charge is 0.473 e. The molecule has 1 saturated heterocycles. The maximum absolute atomic E-state index is 12.5. The lowest BCUT2D eigenvalue weighted by atomic mass is 10.1. The number of carbonyl (C=O) groups excluding carboxylic acids is 3. The Hall–Kier alpha value is -4.53. The molecule has 0 aliphatic carbocycles. The Morgan fingerprint density at radius 1 is 0.816 bits per heavy atom. The summed E-state index contributed by atoms with van der Waals surface area (Å²) in [5.74, 6) is 1.10. The molecule has 1 aliphatic heterocycles. The summed E-state index contributed by atoms with van der Waals surface area (Å²) in [4.78, 5) is 38.4. The number of hydrogen-bond acceptors (Lipinski definition) is 6. The van der Waals surface area contributed by atoms with Gasteiger partial charge in [-0.2, -0.15) is 0 Å². The molecule has 1 heterocycles. The number of nitrogens with one attached hydrogen (secondary N) is 2. The number of benzene rings is 3. The van der Waals surface area contributed by atoms with Crippen LogP contribution in [-0.2, 0) is 16.0 Å². The molecule has 3 aromatic carbocycles.